The Morgan fingerprint density at radius 2 is 1.54 bits per heavy atom. The number of aryl methyl sites for hydroxylation is 1. The van der Waals surface area contributed by atoms with E-state index in [1.165, 1.54) is 5.56 Å². The summed E-state index contributed by atoms with van der Waals surface area (Å²) in [6, 6.07) is 21.6. The lowest BCUT2D eigenvalue weighted by atomic mass is 10.1. The van der Waals surface area contributed by atoms with Crippen molar-refractivity contribution in [2.75, 3.05) is 0 Å². The molecule has 0 unspecified atom stereocenters. The number of nitrogens with zero attached hydrogens (tertiary/aromatic N) is 3. The van der Waals surface area contributed by atoms with Gasteiger partial charge in [0.25, 0.3) is 0 Å². The first-order chi connectivity index (χ1) is 12.6. The van der Waals surface area contributed by atoms with Crippen molar-refractivity contribution < 1.29 is 0 Å². The molecule has 0 saturated heterocycles. The number of benzene rings is 2. The van der Waals surface area contributed by atoms with Crippen LogP contribution in [0.2, 0.25) is 0 Å². The fourth-order valence-corrected chi connectivity index (χ4v) is 2.92. The summed E-state index contributed by atoms with van der Waals surface area (Å²) in [5.74, 6) is 0. The largest absolute Gasteiger partial charge is 0.309 e. The predicted molar refractivity (Wildman–Crippen MR) is 107 cm³/mol. The van der Waals surface area contributed by atoms with Crippen molar-refractivity contribution in [2.24, 2.45) is 0 Å². The van der Waals surface area contributed by atoms with Gasteiger partial charge in [0.05, 0.1) is 6.04 Å². The maximum Gasteiger partial charge on any atom is 0.117 e. The highest BCUT2D eigenvalue weighted by Crippen LogP contribution is 2.21. The van der Waals surface area contributed by atoms with E-state index in [9.17, 15) is 0 Å². The van der Waals surface area contributed by atoms with E-state index < -0.39 is 0 Å². The molecule has 3 rings (SSSR count). The zero-order valence-electron chi connectivity index (χ0n) is 15.9. The number of hydrogen-bond acceptors (Lipinski definition) is 3. The monoisotopic (exact) mass is 348 g/mol. The Kier molecular flexibility index (Phi) is 6.18. The van der Waals surface area contributed by atoms with Crippen LogP contribution in [0.3, 0.4) is 0 Å². The number of nitrogens with one attached hydrogen (secondary N) is 1. The molecule has 136 valence electrons. The van der Waals surface area contributed by atoms with Gasteiger partial charge in [-0.1, -0.05) is 60.7 Å². The highest BCUT2D eigenvalue weighted by atomic mass is 15.5. The average molecular weight is 348 g/mol. The molecule has 2 aromatic carbocycles. The molecule has 0 amide bonds. The first-order valence-corrected chi connectivity index (χ1v) is 9.42. The SMILES string of the molecule is CC(C)n1nc(CN[C@H](C)CCc2ccccc2)c(-c2ccccc2)n1. The predicted octanol–water partition coefficient (Wildman–Crippen LogP) is 4.64. The maximum atomic E-state index is 4.72. The highest BCUT2D eigenvalue weighted by Gasteiger charge is 2.15. The van der Waals surface area contributed by atoms with Crippen LogP contribution < -0.4 is 5.32 Å². The minimum absolute atomic E-state index is 0.252. The van der Waals surface area contributed by atoms with E-state index in [4.69, 9.17) is 10.2 Å². The van der Waals surface area contributed by atoms with Crippen molar-refractivity contribution >= 4 is 0 Å². The van der Waals surface area contributed by atoms with E-state index in [2.05, 4.69) is 68.6 Å². The van der Waals surface area contributed by atoms with Crippen molar-refractivity contribution in [1.29, 1.82) is 0 Å². The van der Waals surface area contributed by atoms with E-state index in [1.54, 1.807) is 0 Å². The van der Waals surface area contributed by atoms with Crippen LogP contribution in [0.25, 0.3) is 11.3 Å². The number of rotatable bonds is 8. The van der Waals surface area contributed by atoms with E-state index >= 15 is 0 Å². The molecule has 0 fully saturated rings. The molecule has 4 nitrogen and oxygen atoms in total. The van der Waals surface area contributed by atoms with E-state index in [0.717, 1.165) is 36.3 Å². The molecular weight excluding hydrogens is 320 g/mol. The molecular formula is C22H28N4. The first kappa shape index (κ1) is 18.3. The lowest BCUT2D eigenvalue weighted by Gasteiger charge is -2.13. The Morgan fingerprint density at radius 3 is 2.19 bits per heavy atom. The zero-order chi connectivity index (χ0) is 18.4. The smallest absolute Gasteiger partial charge is 0.117 e. The van der Waals surface area contributed by atoms with Gasteiger partial charge >= 0.3 is 0 Å². The van der Waals surface area contributed by atoms with Crippen LogP contribution in [0.1, 0.15) is 44.5 Å². The molecule has 0 radical (unpaired) electrons. The lowest BCUT2D eigenvalue weighted by molar-refractivity contribution is 0.456. The van der Waals surface area contributed by atoms with Gasteiger partial charge in [0.1, 0.15) is 11.4 Å². The van der Waals surface area contributed by atoms with Gasteiger partial charge in [-0.3, -0.25) is 0 Å². The molecule has 0 saturated carbocycles. The molecule has 4 heteroatoms. The topological polar surface area (TPSA) is 42.7 Å². The molecule has 0 bridgehead atoms. The quantitative estimate of drug-likeness (QED) is 0.645. The van der Waals surface area contributed by atoms with Crippen LogP contribution in [0.5, 0.6) is 0 Å². The van der Waals surface area contributed by atoms with Crippen molar-refractivity contribution in [3.63, 3.8) is 0 Å². The molecule has 3 aromatic rings. The second kappa shape index (κ2) is 8.77. The van der Waals surface area contributed by atoms with Gasteiger partial charge in [-0.15, -0.1) is 0 Å². The molecule has 0 spiro atoms. The molecule has 1 heterocycles. The third-order valence-electron chi connectivity index (χ3n) is 4.53. The Labute approximate surface area is 156 Å². The Morgan fingerprint density at radius 1 is 0.885 bits per heavy atom. The molecule has 1 atom stereocenters. The maximum absolute atomic E-state index is 4.72. The van der Waals surface area contributed by atoms with Gasteiger partial charge in [0.15, 0.2) is 0 Å². The molecule has 0 aliphatic rings. The minimum atomic E-state index is 0.252. The summed E-state index contributed by atoms with van der Waals surface area (Å²) in [5, 5.41) is 13.1. The van der Waals surface area contributed by atoms with Gasteiger partial charge in [0, 0.05) is 18.2 Å². The van der Waals surface area contributed by atoms with Crippen molar-refractivity contribution in [1.82, 2.24) is 20.3 Å². The molecule has 0 aliphatic heterocycles. The Bertz CT molecular complexity index is 794. The van der Waals surface area contributed by atoms with Crippen LogP contribution in [-0.4, -0.2) is 21.0 Å². The van der Waals surface area contributed by atoms with Crippen molar-refractivity contribution in [3.8, 4) is 11.3 Å². The highest BCUT2D eigenvalue weighted by molar-refractivity contribution is 5.60. The standard InChI is InChI=1S/C22H28N4/c1-17(2)26-24-21(22(25-26)20-12-8-5-9-13-20)16-23-18(3)14-15-19-10-6-4-7-11-19/h4-13,17-18,23H,14-16H2,1-3H3/t18-/m1/s1. The van der Waals surface area contributed by atoms with Crippen LogP contribution in [-0.2, 0) is 13.0 Å². The summed E-state index contributed by atoms with van der Waals surface area (Å²) in [6.07, 6.45) is 2.18. The van der Waals surface area contributed by atoms with Gasteiger partial charge < -0.3 is 5.32 Å². The summed E-state index contributed by atoms with van der Waals surface area (Å²) >= 11 is 0. The fourth-order valence-electron chi connectivity index (χ4n) is 2.92. The minimum Gasteiger partial charge on any atom is -0.309 e. The van der Waals surface area contributed by atoms with E-state index in [-0.39, 0.29) is 6.04 Å². The molecule has 26 heavy (non-hydrogen) atoms. The van der Waals surface area contributed by atoms with Crippen LogP contribution in [0.15, 0.2) is 60.7 Å². The Hall–Kier alpha value is -2.46. The van der Waals surface area contributed by atoms with Crippen LogP contribution >= 0.6 is 0 Å². The van der Waals surface area contributed by atoms with Gasteiger partial charge in [-0.2, -0.15) is 15.0 Å². The van der Waals surface area contributed by atoms with Gasteiger partial charge in [-0.05, 0) is 39.2 Å². The zero-order valence-corrected chi connectivity index (χ0v) is 15.9. The molecule has 1 aromatic heterocycles. The average Bonchev–Trinajstić information content (AvgIpc) is 3.11. The normalized spacial score (nSPS) is 12.5. The summed E-state index contributed by atoms with van der Waals surface area (Å²) < 4.78 is 0. The van der Waals surface area contributed by atoms with Crippen LogP contribution in [0.4, 0.5) is 0 Å². The summed E-state index contributed by atoms with van der Waals surface area (Å²) in [5.41, 5.74) is 4.49. The van der Waals surface area contributed by atoms with Gasteiger partial charge in [-0.25, -0.2) is 0 Å². The number of hydrogen-bond donors (Lipinski definition) is 1. The second-order valence-corrected chi connectivity index (χ2v) is 7.08. The van der Waals surface area contributed by atoms with Gasteiger partial charge in [0.2, 0.25) is 0 Å². The number of aromatic nitrogens is 3. The second-order valence-electron chi connectivity index (χ2n) is 7.08. The summed E-state index contributed by atoms with van der Waals surface area (Å²) in [7, 11) is 0. The lowest BCUT2D eigenvalue weighted by Crippen LogP contribution is -2.26. The molecule has 0 aliphatic carbocycles. The van der Waals surface area contributed by atoms with Crippen LogP contribution in [0, 0.1) is 0 Å². The van der Waals surface area contributed by atoms with Crippen molar-refractivity contribution in [3.05, 3.63) is 71.9 Å². The fraction of sp³-hybridized carbons (Fsp3) is 0.364. The first-order valence-electron chi connectivity index (χ1n) is 9.42. The third kappa shape index (κ3) is 4.79. The molecule has 1 N–H and O–H groups in total. The van der Waals surface area contributed by atoms with Crippen molar-refractivity contribution in [2.45, 2.75) is 52.2 Å². The Balaban J connectivity index is 1.65. The summed E-state index contributed by atoms with van der Waals surface area (Å²) in [6.45, 7) is 7.17. The summed E-state index contributed by atoms with van der Waals surface area (Å²) in [4.78, 5) is 1.81. The van der Waals surface area contributed by atoms with E-state index in [0.29, 0.717) is 6.04 Å². The van der Waals surface area contributed by atoms with E-state index in [1.807, 2.05) is 23.0 Å². The third-order valence-corrected chi connectivity index (χ3v) is 4.53.